The Hall–Kier alpha value is -2.62. The van der Waals surface area contributed by atoms with Gasteiger partial charge in [-0.05, 0) is 47.8 Å². The molecule has 0 unspecified atom stereocenters. The summed E-state index contributed by atoms with van der Waals surface area (Å²) in [5.41, 5.74) is 3.71. The molecule has 0 aliphatic carbocycles. The Kier molecular flexibility index (Phi) is 9.49. The Morgan fingerprint density at radius 2 is 1.47 bits per heavy atom. The number of amides is 2. The van der Waals surface area contributed by atoms with Crippen LogP contribution in [0.1, 0.15) is 64.7 Å². The molecule has 32 heavy (non-hydrogen) atoms. The van der Waals surface area contributed by atoms with Gasteiger partial charge < -0.3 is 10.2 Å². The Bertz CT molecular complexity index is 851. The number of rotatable bonds is 10. The second-order valence-corrected chi connectivity index (χ2v) is 10.1. The van der Waals surface area contributed by atoms with E-state index in [1.54, 1.807) is 4.90 Å². The molecule has 2 amide bonds. The number of carbonyl (C=O) groups is 2. The van der Waals surface area contributed by atoms with Crippen LogP contribution >= 0.6 is 0 Å². The zero-order valence-corrected chi connectivity index (χ0v) is 20.7. The molecule has 0 aliphatic heterocycles. The van der Waals surface area contributed by atoms with Crippen LogP contribution in [0.5, 0.6) is 0 Å². The van der Waals surface area contributed by atoms with Gasteiger partial charge in [0.15, 0.2) is 0 Å². The first-order valence-electron chi connectivity index (χ1n) is 11.8. The zero-order valence-electron chi connectivity index (χ0n) is 20.7. The predicted octanol–water partition coefficient (Wildman–Crippen LogP) is 5.15. The number of nitrogens with zero attached hydrogens (tertiary/aromatic N) is 1. The van der Waals surface area contributed by atoms with Crippen molar-refractivity contribution in [3.63, 3.8) is 0 Å². The van der Waals surface area contributed by atoms with Crippen LogP contribution in [0, 0.1) is 5.92 Å². The lowest BCUT2D eigenvalue weighted by Gasteiger charge is -2.29. The minimum Gasteiger partial charge on any atom is -0.354 e. The maximum Gasteiger partial charge on any atom is 0.242 e. The van der Waals surface area contributed by atoms with Gasteiger partial charge in [-0.25, -0.2) is 0 Å². The molecule has 2 aromatic carbocycles. The molecule has 0 heterocycles. The fourth-order valence-corrected chi connectivity index (χ4v) is 3.59. The van der Waals surface area contributed by atoms with Gasteiger partial charge in [-0.2, -0.15) is 0 Å². The average molecular weight is 437 g/mol. The Labute approximate surface area is 194 Å². The van der Waals surface area contributed by atoms with E-state index in [0.29, 0.717) is 31.8 Å². The first-order valence-corrected chi connectivity index (χ1v) is 11.8. The summed E-state index contributed by atoms with van der Waals surface area (Å²) in [6.07, 6.45) is 1.80. The maximum absolute atomic E-state index is 13.2. The molecular weight excluding hydrogens is 396 g/mol. The largest absolute Gasteiger partial charge is 0.354 e. The quantitative estimate of drug-likeness (QED) is 0.560. The Morgan fingerprint density at radius 1 is 0.875 bits per heavy atom. The molecular formula is C28H40N2O2. The highest BCUT2D eigenvalue weighted by Gasteiger charge is 2.25. The van der Waals surface area contributed by atoms with E-state index < -0.39 is 6.04 Å². The minimum absolute atomic E-state index is 0.0213. The van der Waals surface area contributed by atoms with E-state index in [0.717, 1.165) is 17.5 Å². The monoisotopic (exact) mass is 436 g/mol. The van der Waals surface area contributed by atoms with Gasteiger partial charge in [0.25, 0.3) is 0 Å². The van der Waals surface area contributed by atoms with Crippen LogP contribution in [0.15, 0.2) is 54.6 Å². The molecule has 0 spiro atoms. The molecule has 0 radical (unpaired) electrons. The van der Waals surface area contributed by atoms with Gasteiger partial charge in [0.2, 0.25) is 11.8 Å². The number of hydrogen-bond acceptors (Lipinski definition) is 2. The van der Waals surface area contributed by atoms with Crippen molar-refractivity contribution in [3.05, 3.63) is 71.3 Å². The van der Waals surface area contributed by atoms with E-state index in [4.69, 9.17) is 0 Å². The van der Waals surface area contributed by atoms with Gasteiger partial charge in [0.1, 0.15) is 6.04 Å². The van der Waals surface area contributed by atoms with Crippen molar-refractivity contribution in [2.24, 2.45) is 5.92 Å². The molecule has 0 saturated carbocycles. The van der Waals surface area contributed by atoms with Crippen molar-refractivity contribution >= 4 is 11.8 Å². The van der Waals surface area contributed by atoms with Crippen LogP contribution in [-0.4, -0.2) is 35.8 Å². The Balaban J connectivity index is 2.05. The summed E-state index contributed by atoms with van der Waals surface area (Å²) >= 11 is 0. The number of nitrogens with one attached hydrogen (secondary N) is 1. The van der Waals surface area contributed by atoms with E-state index in [1.807, 2.05) is 25.1 Å². The second-order valence-electron chi connectivity index (χ2n) is 10.1. The van der Waals surface area contributed by atoms with Crippen molar-refractivity contribution in [1.82, 2.24) is 10.2 Å². The molecule has 0 aliphatic rings. The molecule has 0 fully saturated rings. The van der Waals surface area contributed by atoms with Crippen LogP contribution in [0.3, 0.4) is 0 Å². The van der Waals surface area contributed by atoms with Gasteiger partial charge in [0, 0.05) is 19.5 Å². The summed E-state index contributed by atoms with van der Waals surface area (Å²) in [5, 5.41) is 2.98. The molecule has 4 heteroatoms. The average Bonchev–Trinajstić information content (AvgIpc) is 2.76. The fraction of sp³-hybridized carbons (Fsp3) is 0.500. The number of aryl methyl sites for hydroxylation is 1. The lowest BCUT2D eigenvalue weighted by atomic mass is 9.86. The Morgan fingerprint density at radius 3 is 2.03 bits per heavy atom. The highest BCUT2D eigenvalue weighted by molar-refractivity contribution is 5.87. The summed E-state index contributed by atoms with van der Waals surface area (Å²) in [5.74, 6) is 0.304. The SMILES string of the molecule is CC(C)CNC(=O)[C@@H](C)N(CCc1ccccc1)C(=O)CCc1ccc(C(C)(C)C)cc1. The third-order valence-corrected chi connectivity index (χ3v) is 5.78. The molecule has 4 nitrogen and oxygen atoms in total. The maximum atomic E-state index is 13.2. The van der Waals surface area contributed by atoms with Crippen molar-refractivity contribution in [3.8, 4) is 0 Å². The van der Waals surface area contributed by atoms with E-state index in [-0.39, 0.29) is 17.2 Å². The molecule has 0 saturated heterocycles. The molecule has 1 atom stereocenters. The fourth-order valence-electron chi connectivity index (χ4n) is 3.59. The summed E-state index contributed by atoms with van der Waals surface area (Å²) in [4.78, 5) is 27.6. The van der Waals surface area contributed by atoms with Gasteiger partial charge >= 0.3 is 0 Å². The first kappa shape index (κ1) is 25.6. The van der Waals surface area contributed by atoms with E-state index in [9.17, 15) is 9.59 Å². The lowest BCUT2D eigenvalue weighted by Crippen LogP contribution is -2.49. The normalized spacial score (nSPS) is 12.5. The highest BCUT2D eigenvalue weighted by atomic mass is 16.2. The highest BCUT2D eigenvalue weighted by Crippen LogP contribution is 2.22. The van der Waals surface area contributed by atoms with Gasteiger partial charge in [-0.15, -0.1) is 0 Å². The number of carbonyl (C=O) groups excluding carboxylic acids is 2. The summed E-state index contributed by atoms with van der Waals surface area (Å²) < 4.78 is 0. The van der Waals surface area contributed by atoms with Crippen LogP contribution < -0.4 is 5.32 Å². The third-order valence-electron chi connectivity index (χ3n) is 5.78. The van der Waals surface area contributed by atoms with Gasteiger partial charge in [0.05, 0.1) is 0 Å². The van der Waals surface area contributed by atoms with Crippen LogP contribution in [0.25, 0.3) is 0 Å². The summed E-state index contributed by atoms with van der Waals surface area (Å²) in [6.45, 7) is 13.7. The molecule has 174 valence electrons. The standard InChI is InChI=1S/C28H40N2O2/c1-21(2)20-29-27(32)22(3)30(19-18-23-10-8-7-9-11-23)26(31)17-14-24-12-15-25(16-13-24)28(4,5)6/h7-13,15-16,21-22H,14,17-20H2,1-6H3,(H,29,32)/t22-/m1/s1. The van der Waals surface area contributed by atoms with Crippen LogP contribution in [-0.2, 0) is 27.8 Å². The molecule has 0 bridgehead atoms. The zero-order chi connectivity index (χ0) is 23.7. The molecule has 2 rings (SSSR count). The van der Waals surface area contributed by atoms with Crippen LogP contribution in [0.2, 0.25) is 0 Å². The van der Waals surface area contributed by atoms with Crippen molar-refractivity contribution in [2.75, 3.05) is 13.1 Å². The van der Waals surface area contributed by atoms with E-state index >= 15 is 0 Å². The van der Waals surface area contributed by atoms with Gasteiger partial charge in [-0.1, -0.05) is 89.2 Å². The molecule has 0 aromatic heterocycles. The summed E-state index contributed by atoms with van der Waals surface area (Å²) in [7, 11) is 0. The predicted molar refractivity (Wildman–Crippen MR) is 133 cm³/mol. The van der Waals surface area contributed by atoms with Crippen LogP contribution in [0.4, 0.5) is 0 Å². The van der Waals surface area contributed by atoms with E-state index in [1.165, 1.54) is 5.56 Å². The first-order chi connectivity index (χ1) is 15.1. The second kappa shape index (κ2) is 11.8. The summed E-state index contributed by atoms with van der Waals surface area (Å²) in [6, 6.07) is 18.1. The van der Waals surface area contributed by atoms with Crippen molar-refractivity contribution in [2.45, 2.75) is 72.3 Å². The molecule has 2 aromatic rings. The van der Waals surface area contributed by atoms with E-state index in [2.05, 4.69) is 76.3 Å². The van der Waals surface area contributed by atoms with Crippen molar-refractivity contribution < 1.29 is 9.59 Å². The molecule has 1 N–H and O–H groups in total. The topological polar surface area (TPSA) is 49.4 Å². The number of hydrogen-bond donors (Lipinski definition) is 1. The lowest BCUT2D eigenvalue weighted by molar-refractivity contribution is -0.139. The van der Waals surface area contributed by atoms with Crippen molar-refractivity contribution in [1.29, 1.82) is 0 Å². The number of benzene rings is 2. The third kappa shape index (κ3) is 8.14. The smallest absolute Gasteiger partial charge is 0.242 e. The minimum atomic E-state index is -0.492. The van der Waals surface area contributed by atoms with Gasteiger partial charge in [-0.3, -0.25) is 9.59 Å².